The summed E-state index contributed by atoms with van der Waals surface area (Å²) >= 11 is 6.32. The van der Waals surface area contributed by atoms with Crippen LogP contribution >= 0.6 is 31.9 Å². The van der Waals surface area contributed by atoms with E-state index in [2.05, 4.69) is 31.9 Å². The zero-order valence-electron chi connectivity index (χ0n) is 10.3. The van der Waals surface area contributed by atoms with Gasteiger partial charge < -0.3 is 11.5 Å². The Kier molecular flexibility index (Phi) is 4.90. The molecule has 0 aliphatic carbocycles. The Morgan fingerprint density at radius 1 is 0.750 bits per heavy atom. The SMILES string of the molecule is NC(c1cccc(F)c1Br)C(N)c1cccc(F)c1Br. The Morgan fingerprint density at radius 2 is 1.10 bits per heavy atom. The first-order valence-corrected chi connectivity index (χ1v) is 7.41. The summed E-state index contributed by atoms with van der Waals surface area (Å²) in [6.45, 7) is 0. The number of benzene rings is 2. The van der Waals surface area contributed by atoms with Gasteiger partial charge in [0.2, 0.25) is 0 Å². The maximum atomic E-state index is 13.5. The van der Waals surface area contributed by atoms with Crippen molar-refractivity contribution in [2.24, 2.45) is 11.5 Å². The first-order chi connectivity index (χ1) is 9.43. The van der Waals surface area contributed by atoms with E-state index in [1.54, 1.807) is 24.3 Å². The molecule has 0 saturated heterocycles. The zero-order chi connectivity index (χ0) is 14.9. The van der Waals surface area contributed by atoms with Crippen LogP contribution in [0.5, 0.6) is 0 Å². The fraction of sp³-hybridized carbons (Fsp3) is 0.143. The van der Waals surface area contributed by atoms with Crippen molar-refractivity contribution in [3.63, 3.8) is 0 Å². The molecule has 0 amide bonds. The van der Waals surface area contributed by atoms with E-state index in [4.69, 9.17) is 11.5 Å². The fourth-order valence-corrected chi connectivity index (χ4v) is 3.00. The molecule has 0 aliphatic rings. The van der Waals surface area contributed by atoms with Gasteiger partial charge in [0.05, 0.1) is 21.0 Å². The molecule has 2 nitrogen and oxygen atoms in total. The standard InChI is InChI=1S/C14H12Br2F2N2/c15-11-7(3-1-5-9(11)17)13(19)14(20)8-4-2-6-10(18)12(8)16/h1-6,13-14H,19-20H2. The van der Waals surface area contributed by atoms with Crippen molar-refractivity contribution in [1.29, 1.82) is 0 Å². The van der Waals surface area contributed by atoms with Crippen LogP contribution in [0.4, 0.5) is 8.78 Å². The minimum atomic E-state index is -0.668. The van der Waals surface area contributed by atoms with E-state index >= 15 is 0 Å². The summed E-state index contributed by atoms with van der Waals surface area (Å²) in [5, 5.41) is 0. The summed E-state index contributed by atoms with van der Waals surface area (Å²) in [6.07, 6.45) is 0. The van der Waals surface area contributed by atoms with E-state index in [1.807, 2.05) is 0 Å². The van der Waals surface area contributed by atoms with Gasteiger partial charge >= 0.3 is 0 Å². The summed E-state index contributed by atoms with van der Waals surface area (Å²) < 4.78 is 27.6. The van der Waals surface area contributed by atoms with Crippen LogP contribution in [0.3, 0.4) is 0 Å². The van der Waals surface area contributed by atoms with Crippen molar-refractivity contribution in [1.82, 2.24) is 0 Å². The molecule has 0 heterocycles. The van der Waals surface area contributed by atoms with Gasteiger partial charge in [-0.2, -0.15) is 0 Å². The third kappa shape index (κ3) is 2.93. The molecule has 0 saturated carbocycles. The molecule has 2 atom stereocenters. The lowest BCUT2D eigenvalue weighted by atomic mass is 9.95. The third-order valence-electron chi connectivity index (χ3n) is 3.07. The molecule has 0 aliphatic heterocycles. The van der Waals surface area contributed by atoms with Gasteiger partial charge in [0.15, 0.2) is 0 Å². The van der Waals surface area contributed by atoms with E-state index in [9.17, 15) is 8.78 Å². The van der Waals surface area contributed by atoms with Crippen molar-refractivity contribution in [3.8, 4) is 0 Å². The van der Waals surface area contributed by atoms with Crippen LogP contribution in [0.15, 0.2) is 45.3 Å². The molecule has 106 valence electrons. The molecule has 0 aromatic heterocycles. The summed E-state index contributed by atoms with van der Waals surface area (Å²) in [4.78, 5) is 0. The Labute approximate surface area is 132 Å². The first-order valence-electron chi connectivity index (χ1n) is 5.82. The quantitative estimate of drug-likeness (QED) is 0.804. The molecule has 0 bridgehead atoms. The van der Waals surface area contributed by atoms with Gasteiger partial charge in [0, 0.05) is 0 Å². The average Bonchev–Trinajstić information content (AvgIpc) is 2.43. The van der Waals surface area contributed by atoms with Gasteiger partial charge in [-0.15, -0.1) is 0 Å². The molecule has 0 radical (unpaired) electrons. The second-order valence-electron chi connectivity index (χ2n) is 4.34. The lowest BCUT2D eigenvalue weighted by Gasteiger charge is -2.23. The number of rotatable bonds is 3. The van der Waals surface area contributed by atoms with E-state index in [0.29, 0.717) is 11.1 Å². The van der Waals surface area contributed by atoms with E-state index in [1.165, 1.54) is 12.1 Å². The Balaban J connectivity index is 2.40. The van der Waals surface area contributed by atoms with Crippen molar-refractivity contribution in [2.75, 3.05) is 0 Å². The summed E-state index contributed by atoms with van der Waals surface area (Å²) in [5.41, 5.74) is 13.3. The maximum Gasteiger partial charge on any atom is 0.137 e. The molecule has 2 unspecified atom stereocenters. The predicted molar refractivity (Wildman–Crippen MR) is 82.1 cm³/mol. The molecular formula is C14H12Br2F2N2. The fourth-order valence-electron chi connectivity index (χ4n) is 1.94. The molecule has 4 N–H and O–H groups in total. The van der Waals surface area contributed by atoms with Crippen LogP contribution in [-0.4, -0.2) is 0 Å². The van der Waals surface area contributed by atoms with E-state index in [0.717, 1.165) is 0 Å². The average molecular weight is 406 g/mol. The van der Waals surface area contributed by atoms with Crippen LogP contribution in [0, 0.1) is 11.6 Å². The molecule has 2 aromatic rings. The molecule has 0 spiro atoms. The third-order valence-corrected chi connectivity index (χ3v) is 4.74. The molecular weight excluding hydrogens is 394 g/mol. The highest BCUT2D eigenvalue weighted by Crippen LogP contribution is 2.34. The summed E-state index contributed by atoms with van der Waals surface area (Å²) in [5.74, 6) is -0.827. The summed E-state index contributed by atoms with van der Waals surface area (Å²) in [7, 11) is 0. The number of nitrogens with two attached hydrogens (primary N) is 2. The van der Waals surface area contributed by atoms with Crippen LogP contribution in [-0.2, 0) is 0 Å². The zero-order valence-corrected chi connectivity index (χ0v) is 13.5. The van der Waals surface area contributed by atoms with Gasteiger partial charge in [0.1, 0.15) is 11.6 Å². The molecule has 2 aromatic carbocycles. The Bertz CT molecular complexity index is 579. The monoisotopic (exact) mass is 404 g/mol. The highest BCUT2D eigenvalue weighted by Gasteiger charge is 2.23. The van der Waals surface area contributed by atoms with Gasteiger partial charge in [-0.1, -0.05) is 24.3 Å². The summed E-state index contributed by atoms with van der Waals surface area (Å²) in [6, 6.07) is 7.80. The molecule has 6 heteroatoms. The van der Waals surface area contributed by atoms with Gasteiger partial charge in [-0.05, 0) is 55.1 Å². The minimum absolute atomic E-state index is 0.274. The Morgan fingerprint density at radius 3 is 1.45 bits per heavy atom. The van der Waals surface area contributed by atoms with E-state index < -0.39 is 23.7 Å². The predicted octanol–water partition coefficient (Wildman–Crippen LogP) is 4.19. The molecule has 20 heavy (non-hydrogen) atoms. The lowest BCUT2D eigenvalue weighted by molar-refractivity contribution is 0.549. The highest BCUT2D eigenvalue weighted by atomic mass is 79.9. The molecule has 0 fully saturated rings. The minimum Gasteiger partial charge on any atom is -0.322 e. The van der Waals surface area contributed by atoms with Gasteiger partial charge in [-0.3, -0.25) is 0 Å². The smallest absolute Gasteiger partial charge is 0.137 e. The van der Waals surface area contributed by atoms with Crippen LogP contribution in [0.1, 0.15) is 23.2 Å². The number of hydrogen-bond acceptors (Lipinski definition) is 2. The normalized spacial score (nSPS) is 14.1. The van der Waals surface area contributed by atoms with E-state index in [-0.39, 0.29) is 8.95 Å². The topological polar surface area (TPSA) is 52.0 Å². The maximum absolute atomic E-state index is 13.5. The number of hydrogen-bond donors (Lipinski definition) is 2. The largest absolute Gasteiger partial charge is 0.322 e. The first kappa shape index (κ1) is 15.6. The van der Waals surface area contributed by atoms with Gasteiger partial charge in [-0.25, -0.2) is 8.78 Å². The van der Waals surface area contributed by atoms with Crippen LogP contribution < -0.4 is 11.5 Å². The second-order valence-corrected chi connectivity index (χ2v) is 5.92. The lowest BCUT2D eigenvalue weighted by Crippen LogP contribution is -2.27. The van der Waals surface area contributed by atoms with Crippen molar-refractivity contribution in [3.05, 3.63) is 68.1 Å². The van der Waals surface area contributed by atoms with Crippen molar-refractivity contribution < 1.29 is 8.78 Å². The van der Waals surface area contributed by atoms with Crippen molar-refractivity contribution in [2.45, 2.75) is 12.1 Å². The highest BCUT2D eigenvalue weighted by molar-refractivity contribution is 9.10. The molecule has 2 rings (SSSR count). The van der Waals surface area contributed by atoms with Gasteiger partial charge in [0.25, 0.3) is 0 Å². The van der Waals surface area contributed by atoms with Crippen molar-refractivity contribution >= 4 is 31.9 Å². The Hall–Kier alpha value is -0.820. The second kappa shape index (κ2) is 6.30. The van der Waals surface area contributed by atoms with Crippen LogP contribution in [0.25, 0.3) is 0 Å². The van der Waals surface area contributed by atoms with Crippen LogP contribution in [0.2, 0.25) is 0 Å². The number of halogens is 4.